The van der Waals surface area contributed by atoms with Gasteiger partial charge in [0.1, 0.15) is 5.82 Å². The predicted molar refractivity (Wildman–Crippen MR) is 58.4 cm³/mol. The second-order valence-corrected chi connectivity index (χ2v) is 3.28. The number of nitrogens with zero attached hydrogens (tertiary/aromatic N) is 1. The first kappa shape index (κ1) is 13.1. The SMILES string of the molecule is CCOC(=O)Cc1cnc(N)c(C(F)F)c1N. The number of esters is 1. The van der Waals surface area contributed by atoms with Gasteiger partial charge in [0.05, 0.1) is 18.6 Å². The van der Waals surface area contributed by atoms with E-state index < -0.39 is 18.0 Å². The third kappa shape index (κ3) is 3.02. The van der Waals surface area contributed by atoms with Crippen LogP contribution in [0.3, 0.4) is 0 Å². The molecule has 0 aliphatic heterocycles. The van der Waals surface area contributed by atoms with E-state index in [2.05, 4.69) is 4.98 Å². The lowest BCUT2D eigenvalue weighted by Gasteiger charge is -2.11. The lowest BCUT2D eigenvalue weighted by atomic mass is 10.1. The normalized spacial score (nSPS) is 10.6. The van der Waals surface area contributed by atoms with Crippen LogP contribution in [0.1, 0.15) is 24.5 Å². The number of alkyl halides is 2. The van der Waals surface area contributed by atoms with Gasteiger partial charge in [0.25, 0.3) is 6.43 Å². The molecule has 0 aliphatic carbocycles. The standard InChI is InChI=1S/C10H13F2N3O2/c1-2-17-6(16)3-5-4-15-10(14)7(8(5)13)9(11)12/h4,9H,2-3H2,1H3,(H4,13,14,15). The number of carbonyl (C=O) groups is 1. The number of hydrogen-bond acceptors (Lipinski definition) is 5. The molecule has 17 heavy (non-hydrogen) atoms. The van der Waals surface area contributed by atoms with Gasteiger partial charge in [-0.1, -0.05) is 0 Å². The summed E-state index contributed by atoms with van der Waals surface area (Å²) in [6.07, 6.45) is -1.83. The van der Waals surface area contributed by atoms with E-state index in [9.17, 15) is 13.6 Å². The maximum Gasteiger partial charge on any atom is 0.310 e. The number of nitrogens with two attached hydrogens (primary N) is 2. The summed E-state index contributed by atoms with van der Waals surface area (Å²) in [5, 5.41) is 0. The van der Waals surface area contributed by atoms with Crippen molar-refractivity contribution in [3.8, 4) is 0 Å². The molecule has 0 aliphatic rings. The van der Waals surface area contributed by atoms with E-state index in [0.29, 0.717) is 0 Å². The van der Waals surface area contributed by atoms with Crippen LogP contribution in [-0.4, -0.2) is 17.6 Å². The Labute approximate surface area is 96.8 Å². The van der Waals surface area contributed by atoms with Crippen LogP contribution in [0.2, 0.25) is 0 Å². The average molecular weight is 245 g/mol. The van der Waals surface area contributed by atoms with Crippen LogP contribution in [0.4, 0.5) is 20.3 Å². The Hall–Kier alpha value is -1.92. The summed E-state index contributed by atoms with van der Waals surface area (Å²) in [7, 11) is 0. The van der Waals surface area contributed by atoms with Crippen molar-refractivity contribution in [3.05, 3.63) is 17.3 Å². The van der Waals surface area contributed by atoms with E-state index in [0.717, 1.165) is 0 Å². The van der Waals surface area contributed by atoms with Crippen LogP contribution in [0.15, 0.2) is 6.20 Å². The molecule has 1 heterocycles. The van der Waals surface area contributed by atoms with Crippen molar-refractivity contribution in [2.45, 2.75) is 19.8 Å². The number of rotatable bonds is 4. The van der Waals surface area contributed by atoms with Crippen LogP contribution < -0.4 is 11.5 Å². The monoisotopic (exact) mass is 245 g/mol. The minimum atomic E-state index is -2.83. The molecule has 0 atom stereocenters. The molecule has 0 saturated carbocycles. The number of aromatic nitrogens is 1. The molecule has 94 valence electrons. The Morgan fingerprint density at radius 2 is 2.18 bits per heavy atom. The third-order valence-electron chi connectivity index (χ3n) is 2.13. The molecule has 0 fully saturated rings. The second kappa shape index (κ2) is 5.42. The first-order valence-electron chi connectivity index (χ1n) is 4.93. The molecule has 1 aromatic rings. The maximum absolute atomic E-state index is 12.6. The number of halogens is 2. The van der Waals surface area contributed by atoms with Gasteiger partial charge in [-0.15, -0.1) is 0 Å². The van der Waals surface area contributed by atoms with Crippen LogP contribution in [0.25, 0.3) is 0 Å². The van der Waals surface area contributed by atoms with Crippen molar-refractivity contribution >= 4 is 17.5 Å². The zero-order chi connectivity index (χ0) is 13.0. The van der Waals surface area contributed by atoms with Crippen molar-refractivity contribution in [2.24, 2.45) is 0 Å². The van der Waals surface area contributed by atoms with Crippen LogP contribution in [0.5, 0.6) is 0 Å². The fraction of sp³-hybridized carbons (Fsp3) is 0.400. The van der Waals surface area contributed by atoms with Crippen molar-refractivity contribution in [2.75, 3.05) is 18.1 Å². The molecule has 4 N–H and O–H groups in total. The lowest BCUT2D eigenvalue weighted by molar-refractivity contribution is -0.142. The van der Waals surface area contributed by atoms with Gasteiger partial charge in [0.2, 0.25) is 0 Å². The Bertz CT molecular complexity index is 424. The highest BCUT2D eigenvalue weighted by Gasteiger charge is 2.20. The molecule has 0 bridgehead atoms. The quantitative estimate of drug-likeness (QED) is 0.780. The molecule has 0 spiro atoms. The Balaban J connectivity index is 3.02. The summed E-state index contributed by atoms with van der Waals surface area (Å²) in [6.45, 7) is 1.86. The van der Waals surface area contributed by atoms with Gasteiger partial charge in [0, 0.05) is 17.4 Å². The zero-order valence-corrected chi connectivity index (χ0v) is 9.24. The van der Waals surface area contributed by atoms with Crippen molar-refractivity contribution in [1.82, 2.24) is 4.98 Å². The second-order valence-electron chi connectivity index (χ2n) is 3.28. The Kier molecular flexibility index (Phi) is 4.19. The minimum Gasteiger partial charge on any atom is -0.466 e. The maximum atomic E-state index is 12.6. The third-order valence-corrected chi connectivity index (χ3v) is 2.13. The first-order valence-corrected chi connectivity index (χ1v) is 4.93. The van der Waals surface area contributed by atoms with E-state index in [1.165, 1.54) is 6.20 Å². The molecule has 7 heteroatoms. The first-order chi connectivity index (χ1) is 7.97. The van der Waals surface area contributed by atoms with E-state index in [-0.39, 0.29) is 30.1 Å². The summed E-state index contributed by atoms with van der Waals surface area (Å²) in [5.41, 5.74) is 10.3. The molecule has 0 unspecified atom stereocenters. The lowest BCUT2D eigenvalue weighted by Crippen LogP contribution is -2.12. The minimum absolute atomic E-state index is 0.188. The number of pyridine rings is 1. The van der Waals surface area contributed by atoms with Gasteiger partial charge in [-0.05, 0) is 6.92 Å². The molecule has 5 nitrogen and oxygen atoms in total. The highest BCUT2D eigenvalue weighted by Crippen LogP contribution is 2.31. The molecule has 0 saturated heterocycles. The zero-order valence-electron chi connectivity index (χ0n) is 9.24. The summed E-state index contributed by atoms with van der Waals surface area (Å²) in [4.78, 5) is 14.8. The molecule has 1 aromatic heterocycles. The van der Waals surface area contributed by atoms with Gasteiger partial charge >= 0.3 is 5.97 Å². The van der Waals surface area contributed by atoms with Crippen LogP contribution in [0, 0.1) is 0 Å². The summed E-state index contributed by atoms with van der Waals surface area (Å²) in [5.74, 6) is -0.879. The van der Waals surface area contributed by atoms with Gasteiger partial charge in [-0.25, -0.2) is 13.8 Å². The van der Waals surface area contributed by atoms with Crippen LogP contribution in [-0.2, 0) is 16.0 Å². The summed E-state index contributed by atoms with van der Waals surface area (Å²) >= 11 is 0. The number of hydrogen-bond donors (Lipinski definition) is 2. The Morgan fingerprint density at radius 3 is 2.71 bits per heavy atom. The molecule has 0 amide bonds. The molecule has 0 radical (unpaired) electrons. The van der Waals surface area contributed by atoms with Crippen LogP contribution >= 0.6 is 0 Å². The van der Waals surface area contributed by atoms with E-state index in [1.807, 2.05) is 0 Å². The Morgan fingerprint density at radius 1 is 1.53 bits per heavy atom. The fourth-order valence-corrected chi connectivity index (χ4v) is 1.34. The molecular formula is C10H13F2N3O2. The van der Waals surface area contributed by atoms with Gasteiger partial charge in [-0.3, -0.25) is 4.79 Å². The van der Waals surface area contributed by atoms with Gasteiger partial charge in [0.15, 0.2) is 0 Å². The summed E-state index contributed by atoms with van der Waals surface area (Å²) < 4.78 is 30.0. The van der Waals surface area contributed by atoms with Crippen molar-refractivity contribution in [1.29, 1.82) is 0 Å². The van der Waals surface area contributed by atoms with Gasteiger partial charge in [-0.2, -0.15) is 0 Å². The predicted octanol–water partition coefficient (Wildman–Crippen LogP) is 1.29. The van der Waals surface area contributed by atoms with Gasteiger partial charge < -0.3 is 16.2 Å². The average Bonchev–Trinajstić information content (AvgIpc) is 2.22. The number of ether oxygens (including phenoxy) is 1. The topological polar surface area (TPSA) is 91.2 Å². The smallest absolute Gasteiger partial charge is 0.310 e. The number of anilines is 2. The highest BCUT2D eigenvalue weighted by atomic mass is 19.3. The summed E-state index contributed by atoms with van der Waals surface area (Å²) in [6, 6.07) is 0. The highest BCUT2D eigenvalue weighted by molar-refractivity contribution is 5.76. The number of nitrogen functional groups attached to an aromatic ring is 2. The van der Waals surface area contributed by atoms with E-state index in [4.69, 9.17) is 16.2 Å². The molecule has 0 aromatic carbocycles. The largest absolute Gasteiger partial charge is 0.466 e. The van der Waals surface area contributed by atoms with Crippen molar-refractivity contribution < 1.29 is 18.3 Å². The van der Waals surface area contributed by atoms with E-state index in [1.54, 1.807) is 6.92 Å². The fourth-order valence-electron chi connectivity index (χ4n) is 1.34. The van der Waals surface area contributed by atoms with E-state index >= 15 is 0 Å². The molecular weight excluding hydrogens is 232 g/mol. The molecule has 1 rings (SSSR count). The van der Waals surface area contributed by atoms with Crippen molar-refractivity contribution in [3.63, 3.8) is 0 Å². The number of carbonyl (C=O) groups excluding carboxylic acids is 1.